The number of Topliss-reactive ketones (excluding diaryl/α,β-unsaturated/α-hetero) is 1. The first kappa shape index (κ1) is 15.4. The Balaban J connectivity index is 2.88. The van der Waals surface area contributed by atoms with Crippen LogP contribution in [0.2, 0.25) is 0 Å². The lowest BCUT2D eigenvalue weighted by Crippen LogP contribution is -2.21. The second-order valence-corrected chi connectivity index (χ2v) is 6.37. The third-order valence-electron chi connectivity index (χ3n) is 2.29. The molecule has 0 N–H and O–H groups in total. The van der Waals surface area contributed by atoms with Crippen LogP contribution in [0.15, 0.2) is 29.2 Å². The summed E-state index contributed by atoms with van der Waals surface area (Å²) in [6.45, 7) is 4.68. The topological polar surface area (TPSA) is 77.5 Å². The van der Waals surface area contributed by atoms with Crippen molar-refractivity contribution in [1.82, 2.24) is 0 Å². The maximum Gasteiger partial charge on any atom is 0.321 e. The van der Waals surface area contributed by atoms with E-state index in [0.29, 0.717) is 5.56 Å². The SMILES string of the molecule is CC(=O)c1ccc(S(=O)(=O)CC(=O)OC(C)C)cc1. The lowest BCUT2D eigenvalue weighted by Gasteiger charge is -2.08. The van der Waals surface area contributed by atoms with E-state index in [4.69, 9.17) is 4.74 Å². The van der Waals surface area contributed by atoms with Crippen molar-refractivity contribution in [1.29, 1.82) is 0 Å². The minimum Gasteiger partial charge on any atom is -0.462 e. The van der Waals surface area contributed by atoms with Crippen molar-refractivity contribution in [2.75, 3.05) is 5.75 Å². The van der Waals surface area contributed by atoms with E-state index >= 15 is 0 Å². The smallest absolute Gasteiger partial charge is 0.321 e. The second-order valence-electron chi connectivity index (χ2n) is 4.38. The number of ether oxygens (including phenoxy) is 1. The number of hydrogen-bond donors (Lipinski definition) is 0. The fourth-order valence-corrected chi connectivity index (χ4v) is 2.53. The fraction of sp³-hybridized carbons (Fsp3) is 0.385. The molecule has 0 spiro atoms. The summed E-state index contributed by atoms with van der Waals surface area (Å²) in [7, 11) is -3.73. The first-order valence-electron chi connectivity index (χ1n) is 5.75. The lowest BCUT2D eigenvalue weighted by atomic mass is 10.2. The van der Waals surface area contributed by atoms with E-state index < -0.39 is 21.6 Å². The molecule has 1 aromatic rings. The molecule has 0 aliphatic heterocycles. The third kappa shape index (κ3) is 4.48. The largest absolute Gasteiger partial charge is 0.462 e. The highest BCUT2D eigenvalue weighted by Crippen LogP contribution is 2.13. The van der Waals surface area contributed by atoms with Gasteiger partial charge in [-0.05, 0) is 32.9 Å². The summed E-state index contributed by atoms with van der Waals surface area (Å²) in [4.78, 5) is 22.4. The van der Waals surface area contributed by atoms with Crippen LogP contribution in [-0.4, -0.2) is 32.0 Å². The van der Waals surface area contributed by atoms with Crippen LogP contribution in [0.3, 0.4) is 0 Å². The zero-order valence-corrected chi connectivity index (χ0v) is 11.9. The molecule has 0 aliphatic rings. The number of carbonyl (C=O) groups excluding carboxylic acids is 2. The minimum absolute atomic E-state index is 0.00166. The Labute approximate surface area is 112 Å². The first-order valence-corrected chi connectivity index (χ1v) is 7.41. The highest BCUT2D eigenvalue weighted by Gasteiger charge is 2.21. The molecule has 1 rings (SSSR count). The first-order chi connectivity index (χ1) is 8.72. The summed E-state index contributed by atoms with van der Waals surface area (Å²) in [6, 6.07) is 5.47. The zero-order chi connectivity index (χ0) is 14.6. The average molecular weight is 284 g/mol. The van der Waals surface area contributed by atoms with Crippen LogP contribution in [0, 0.1) is 0 Å². The summed E-state index contributed by atoms with van der Waals surface area (Å²) in [5.74, 6) is -1.64. The van der Waals surface area contributed by atoms with Crippen molar-refractivity contribution in [2.45, 2.75) is 31.8 Å². The fourth-order valence-electron chi connectivity index (χ4n) is 1.43. The van der Waals surface area contributed by atoms with Crippen LogP contribution in [0.5, 0.6) is 0 Å². The van der Waals surface area contributed by atoms with Crippen LogP contribution in [0.1, 0.15) is 31.1 Å². The predicted molar refractivity (Wildman–Crippen MR) is 69.7 cm³/mol. The molecule has 6 heteroatoms. The van der Waals surface area contributed by atoms with Crippen LogP contribution in [0.25, 0.3) is 0 Å². The number of hydrogen-bond acceptors (Lipinski definition) is 5. The molecule has 104 valence electrons. The van der Waals surface area contributed by atoms with Crippen molar-refractivity contribution < 1.29 is 22.7 Å². The Morgan fingerprint density at radius 2 is 1.68 bits per heavy atom. The lowest BCUT2D eigenvalue weighted by molar-refractivity contribution is -0.144. The van der Waals surface area contributed by atoms with E-state index in [1.807, 2.05) is 0 Å². The van der Waals surface area contributed by atoms with Gasteiger partial charge in [0.15, 0.2) is 21.4 Å². The zero-order valence-electron chi connectivity index (χ0n) is 11.0. The summed E-state index contributed by atoms with van der Waals surface area (Å²) in [5.41, 5.74) is 0.420. The normalized spacial score (nSPS) is 11.4. The Hall–Kier alpha value is -1.69. The molecule has 0 saturated heterocycles. The number of ketones is 1. The highest BCUT2D eigenvalue weighted by atomic mass is 32.2. The Morgan fingerprint density at radius 3 is 2.11 bits per heavy atom. The van der Waals surface area contributed by atoms with Crippen molar-refractivity contribution in [3.8, 4) is 0 Å². The molecular weight excluding hydrogens is 268 g/mol. The van der Waals surface area contributed by atoms with Gasteiger partial charge in [-0.15, -0.1) is 0 Å². The Morgan fingerprint density at radius 1 is 1.16 bits per heavy atom. The van der Waals surface area contributed by atoms with E-state index in [0.717, 1.165) is 0 Å². The number of rotatable bonds is 5. The van der Waals surface area contributed by atoms with E-state index in [2.05, 4.69) is 0 Å². The maximum absolute atomic E-state index is 11.9. The number of esters is 1. The van der Waals surface area contributed by atoms with Gasteiger partial charge in [0.2, 0.25) is 0 Å². The minimum atomic E-state index is -3.73. The molecule has 5 nitrogen and oxygen atoms in total. The molecule has 0 amide bonds. The van der Waals surface area contributed by atoms with Gasteiger partial charge in [-0.25, -0.2) is 8.42 Å². The molecule has 19 heavy (non-hydrogen) atoms. The van der Waals surface area contributed by atoms with E-state index in [1.165, 1.54) is 31.2 Å². The van der Waals surface area contributed by atoms with Gasteiger partial charge in [0.05, 0.1) is 11.0 Å². The highest BCUT2D eigenvalue weighted by molar-refractivity contribution is 7.92. The second kappa shape index (κ2) is 5.97. The van der Waals surface area contributed by atoms with Gasteiger partial charge in [-0.3, -0.25) is 9.59 Å². The van der Waals surface area contributed by atoms with Gasteiger partial charge < -0.3 is 4.74 Å². The molecule has 0 aliphatic carbocycles. The molecule has 1 aromatic carbocycles. The van der Waals surface area contributed by atoms with Crippen LogP contribution in [-0.2, 0) is 19.4 Å². The van der Waals surface area contributed by atoms with Crippen molar-refractivity contribution in [2.24, 2.45) is 0 Å². The van der Waals surface area contributed by atoms with Crippen molar-refractivity contribution >= 4 is 21.6 Å². The van der Waals surface area contributed by atoms with Gasteiger partial charge >= 0.3 is 5.97 Å². The molecule has 0 fully saturated rings. The predicted octanol–water partition coefficient (Wildman–Crippen LogP) is 1.61. The van der Waals surface area contributed by atoms with E-state index in [-0.39, 0.29) is 16.8 Å². The standard InChI is InChI=1S/C13H16O5S/c1-9(2)18-13(15)8-19(16,17)12-6-4-11(5-7-12)10(3)14/h4-7,9H,8H2,1-3H3. The van der Waals surface area contributed by atoms with Crippen LogP contribution in [0.4, 0.5) is 0 Å². The number of benzene rings is 1. The van der Waals surface area contributed by atoms with Gasteiger partial charge in [-0.2, -0.15) is 0 Å². The molecule has 0 atom stereocenters. The summed E-state index contributed by atoms with van der Waals surface area (Å²) in [5, 5.41) is 0. The van der Waals surface area contributed by atoms with Crippen LogP contribution >= 0.6 is 0 Å². The number of carbonyl (C=O) groups is 2. The Kier molecular flexibility index (Phi) is 4.83. The molecule has 0 saturated carbocycles. The van der Waals surface area contributed by atoms with Gasteiger partial charge in [-0.1, -0.05) is 12.1 Å². The van der Waals surface area contributed by atoms with Crippen LogP contribution < -0.4 is 0 Å². The Bertz CT molecular complexity index is 570. The molecule has 0 unspecified atom stereocenters. The van der Waals surface area contributed by atoms with E-state index in [1.54, 1.807) is 13.8 Å². The summed E-state index contributed by atoms with van der Waals surface area (Å²) < 4.78 is 28.6. The molecule has 0 aromatic heterocycles. The summed E-state index contributed by atoms with van der Waals surface area (Å²) >= 11 is 0. The molecule has 0 radical (unpaired) electrons. The summed E-state index contributed by atoms with van der Waals surface area (Å²) in [6.07, 6.45) is -0.359. The molecule has 0 heterocycles. The molecular formula is C13H16O5S. The average Bonchev–Trinajstić information content (AvgIpc) is 2.27. The molecule has 0 bridgehead atoms. The van der Waals surface area contributed by atoms with Gasteiger partial charge in [0.1, 0.15) is 0 Å². The monoisotopic (exact) mass is 284 g/mol. The van der Waals surface area contributed by atoms with Crippen molar-refractivity contribution in [3.05, 3.63) is 29.8 Å². The maximum atomic E-state index is 11.9. The van der Waals surface area contributed by atoms with Crippen molar-refractivity contribution in [3.63, 3.8) is 0 Å². The number of sulfone groups is 1. The third-order valence-corrected chi connectivity index (χ3v) is 3.90. The van der Waals surface area contributed by atoms with Gasteiger partial charge in [0, 0.05) is 5.56 Å². The van der Waals surface area contributed by atoms with Gasteiger partial charge in [0.25, 0.3) is 0 Å². The van der Waals surface area contributed by atoms with E-state index in [9.17, 15) is 18.0 Å². The quantitative estimate of drug-likeness (QED) is 0.606.